The number of aromatic nitrogens is 2. The van der Waals surface area contributed by atoms with Gasteiger partial charge in [0.2, 0.25) is 0 Å². The molecule has 6 nitrogen and oxygen atoms in total. The minimum atomic E-state index is -0.265. The van der Waals surface area contributed by atoms with Gasteiger partial charge in [0.15, 0.2) is 0 Å². The second kappa shape index (κ2) is 4.85. The summed E-state index contributed by atoms with van der Waals surface area (Å²) in [6, 6.07) is 2.52. The molecule has 0 amide bonds. The Morgan fingerprint density at radius 2 is 1.94 bits per heavy atom. The Labute approximate surface area is 98.8 Å². The molecule has 0 unspecified atom stereocenters. The molecule has 0 radical (unpaired) electrons. The summed E-state index contributed by atoms with van der Waals surface area (Å²) in [6.45, 7) is 5.91. The Kier molecular flexibility index (Phi) is 3.44. The van der Waals surface area contributed by atoms with E-state index in [2.05, 4.69) is 10.00 Å². The van der Waals surface area contributed by atoms with Crippen LogP contribution in [0.1, 0.15) is 13.8 Å². The third-order valence-electron chi connectivity index (χ3n) is 2.73. The van der Waals surface area contributed by atoms with Crippen LogP contribution in [0.5, 0.6) is 0 Å². The van der Waals surface area contributed by atoms with Crippen LogP contribution in [-0.2, 0) is 11.4 Å². The topological polar surface area (TPSA) is 67.3 Å². The fraction of sp³-hybridized carbons (Fsp3) is 0.636. The Morgan fingerprint density at radius 3 is 2.59 bits per heavy atom. The maximum atomic E-state index is 11.5. The highest BCUT2D eigenvalue weighted by atomic mass is 16.5. The third-order valence-corrected chi connectivity index (χ3v) is 2.73. The molecular formula is C11H17N3O3. The van der Waals surface area contributed by atoms with Crippen LogP contribution in [0, 0.1) is 0 Å². The van der Waals surface area contributed by atoms with Gasteiger partial charge in [-0.15, -0.1) is 0 Å². The highest BCUT2D eigenvalue weighted by molar-refractivity contribution is 4.86. The summed E-state index contributed by atoms with van der Waals surface area (Å²) in [5.41, 5.74) is -0.463. The molecule has 0 aromatic carbocycles. The van der Waals surface area contributed by atoms with Gasteiger partial charge in [0.1, 0.15) is 0 Å². The Hall–Kier alpha value is -1.40. The van der Waals surface area contributed by atoms with E-state index in [4.69, 9.17) is 4.74 Å². The Morgan fingerprint density at radius 1 is 1.29 bits per heavy atom. The van der Waals surface area contributed by atoms with Crippen molar-refractivity contribution in [2.24, 2.45) is 0 Å². The largest absolute Gasteiger partial charge is 0.373 e. The molecule has 1 aromatic rings. The molecule has 2 heterocycles. The maximum Gasteiger partial charge on any atom is 0.266 e. The summed E-state index contributed by atoms with van der Waals surface area (Å²) in [4.78, 5) is 24.8. The number of nitrogens with zero attached hydrogens (tertiary/aromatic N) is 2. The molecular weight excluding hydrogens is 222 g/mol. The van der Waals surface area contributed by atoms with E-state index in [1.165, 1.54) is 16.8 Å². The molecule has 17 heavy (non-hydrogen) atoms. The summed E-state index contributed by atoms with van der Waals surface area (Å²) >= 11 is 0. The summed E-state index contributed by atoms with van der Waals surface area (Å²) in [5.74, 6) is 0. The van der Waals surface area contributed by atoms with E-state index in [0.29, 0.717) is 6.67 Å². The van der Waals surface area contributed by atoms with E-state index in [-0.39, 0.29) is 23.3 Å². The first-order chi connectivity index (χ1) is 8.04. The second-order valence-electron chi connectivity index (χ2n) is 4.51. The van der Waals surface area contributed by atoms with Crippen molar-refractivity contribution in [3.8, 4) is 0 Å². The zero-order chi connectivity index (χ0) is 12.4. The van der Waals surface area contributed by atoms with Crippen molar-refractivity contribution in [3.63, 3.8) is 0 Å². The summed E-state index contributed by atoms with van der Waals surface area (Å²) in [7, 11) is 0. The van der Waals surface area contributed by atoms with Crippen LogP contribution < -0.4 is 11.1 Å². The Balaban J connectivity index is 2.12. The van der Waals surface area contributed by atoms with Crippen molar-refractivity contribution >= 4 is 0 Å². The zero-order valence-electron chi connectivity index (χ0n) is 10.0. The number of rotatable bonds is 2. The van der Waals surface area contributed by atoms with Crippen LogP contribution >= 0.6 is 0 Å². The summed E-state index contributed by atoms with van der Waals surface area (Å²) in [6.07, 6.45) is 0.287. The molecule has 2 rings (SSSR count). The number of aromatic amines is 1. The van der Waals surface area contributed by atoms with Crippen molar-refractivity contribution in [1.29, 1.82) is 0 Å². The number of H-pyrrole nitrogens is 1. The monoisotopic (exact) mass is 239 g/mol. The lowest BCUT2D eigenvalue weighted by Gasteiger charge is -2.35. The van der Waals surface area contributed by atoms with Crippen LogP contribution in [0.3, 0.4) is 0 Å². The molecule has 6 heteroatoms. The van der Waals surface area contributed by atoms with E-state index in [9.17, 15) is 9.59 Å². The van der Waals surface area contributed by atoms with Crippen molar-refractivity contribution in [2.45, 2.75) is 32.7 Å². The second-order valence-corrected chi connectivity index (χ2v) is 4.51. The standard InChI is InChI=1S/C11H17N3O3/c1-8-5-13(6-9(2)17-8)7-14-11(16)4-3-10(15)12-14/h3-4,8-9H,5-7H2,1-2H3,(H,12,15)/t8-,9-/m0/s1. The highest BCUT2D eigenvalue weighted by Gasteiger charge is 2.22. The summed E-state index contributed by atoms with van der Waals surface area (Å²) < 4.78 is 6.93. The SMILES string of the molecule is C[C@H]1CN(Cn2[nH]c(=O)ccc2=O)C[C@H](C)O1. The van der Waals surface area contributed by atoms with Gasteiger partial charge in [-0.05, 0) is 13.8 Å². The lowest BCUT2D eigenvalue weighted by molar-refractivity contribution is -0.0780. The number of nitrogens with one attached hydrogen (secondary N) is 1. The first kappa shape index (κ1) is 12.1. The minimum absolute atomic E-state index is 0.143. The van der Waals surface area contributed by atoms with E-state index in [1.807, 2.05) is 13.8 Å². The quantitative estimate of drug-likeness (QED) is 0.763. The molecule has 0 spiro atoms. The van der Waals surface area contributed by atoms with Gasteiger partial charge in [0.05, 0.1) is 18.9 Å². The van der Waals surface area contributed by atoms with E-state index in [0.717, 1.165) is 13.1 Å². The lowest BCUT2D eigenvalue weighted by Crippen LogP contribution is -2.47. The normalized spacial score (nSPS) is 26.0. The molecule has 1 aliphatic heterocycles. The number of ether oxygens (including phenoxy) is 1. The smallest absolute Gasteiger partial charge is 0.266 e. The predicted molar refractivity (Wildman–Crippen MR) is 62.9 cm³/mol. The van der Waals surface area contributed by atoms with Crippen LogP contribution in [0.4, 0.5) is 0 Å². The first-order valence-electron chi connectivity index (χ1n) is 5.72. The van der Waals surface area contributed by atoms with Crippen molar-refractivity contribution in [3.05, 3.63) is 32.8 Å². The average Bonchev–Trinajstić information content (AvgIpc) is 2.22. The molecule has 0 aliphatic carbocycles. The first-order valence-corrected chi connectivity index (χ1v) is 5.72. The lowest BCUT2D eigenvalue weighted by atomic mass is 10.2. The molecule has 94 valence electrons. The maximum absolute atomic E-state index is 11.5. The van der Waals surface area contributed by atoms with Gasteiger partial charge in [0.25, 0.3) is 11.1 Å². The van der Waals surface area contributed by atoms with Crippen LogP contribution in [0.2, 0.25) is 0 Å². The summed E-state index contributed by atoms with van der Waals surface area (Å²) in [5, 5.41) is 2.52. The van der Waals surface area contributed by atoms with Gasteiger partial charge < -0.3 is 4.74 Å². The fourth-order valence-electron chi connectivity index (χ4n) is 2.17. The van der Waals surface area contributed by atoms with Gasteiger partial charge in [-0.25, -0.2) is 4.68 Å². The van der Waals surface area contributed by atoms with Gasteiger partial charge in [-0.2, -0.15) is 0 Å². The molecule has 2 atom stereocenters. The molecule has 0 saturated carbocycles. The zero-order valence-corrected chi connectivity index (χ0v) is 10.0. The van der Waals surface area contributed by atoms with Gasteiger partial charge in [-0.3, -0.25) is 19.6 Å². The van der Waals surface area contributed by atoms with Crippen molar-refractivity contribution < 1.29 is 4.74 Å². The minimum Gasteiger partial charge on any atom is -0.373 e. The molecule has 1 fully saturated rings. The molecule has 0 bridgehead atoms. The van der Waals surface area contributed by atoms with Crippen molar-refractivity contribution in [2.75, 3.05) is 13.1 Å². The number of morpholine rings is 1. The fourth-order valence-corrected chi connectivity index (χ4v) is 2.17. The van der Waals surface area contributed by atoms with E-state index < -0.39 is 0 Å². The number of hydrogen-bond donors (Lipinski definition) is 1. The number of hydrogen-bond acceptors (Lipinski definition) is 4. The highest BCUT2D eigenvalue weighted by Crippen LogP contribution is 2.10. The van der Waals surface area contributed by atoms with Crippen LogP contribution in [0.15, 0.2) is 21.7 Å². The van der Waals surface area contributed by atoms with Crippen LogP contribution in [-0.4, -0.2) is 40.0 Å². The van der Waals surface area contributed by atoms with Crippen molar-refractivity contribution in [1.82, 2.24) is 14.7 Å². The third kappa shape index (κ3) is 3.04. The molecule has 1 aromatic heterocycles. The average molecular weight is 239 g/mol. The van der Waals surface area contributed by atoms with Gasteiger partial charge in [-0.1, -0.05) is 0 Å². The van der Waals surface area contributed by atoms with Gasteiger partial charge in [0, 0.05) is 25.2 Å². The molecule has 1 saturated heterocycles. The van der Waals surface area contributed by atoms with E-state index in [1.54, 1.807) is 0 Å². The Bertz CT molecular complexity index is 483. The predicted octanol–water partition coefficient (Wildman–Crippen LogP) is -0.397. The molecule has 1 N–H and O–H groups in total. The van der Waals surface area contributed by atoms with E-state index >= 15 is 0 Å². The van der Waals surface area contributed by atoms with Gasteiger partial charge >= 0.3 is 0 Å². The van der Waals surface area contributed by atoms with Crippen LogP contribution in [0.25, 0.3) is 0 Å². The molecule has 1 aliphatic rings.